The first-order valence-corrected chi connectivity index (χ1v) is 9.16. The van der Waals surface area contributed by atoms with Gasteiger partial charge in [-0.05, 0) is 29.2 Å². The van der Waals surface area contributed by atoms with Crippen LogP contribution in [0.1, 0.15) is 48.5 Å². The van der Waals surface area contributed by atoms with Crippen molar-refractivity contribution in [3.8, 4) is 11.5 Å². The fourth-order valence-corrected chi connectivity index (χ4v) is 3.75. The van der Waals surface area contributed by atoms with Crippen molar-refractivity contribution in [2.45, 2.75) is 33.6 Å². The second-order valence-corrected chi connectivity index (χ2v) is 8.07. The van der Waals surface area contributed by atoms with Crippen LogP contribution in [0.15, 0.2) is 52.9 Å². The number of benzene rings is 2. The summed E-state index contributed by atoms with van der Waals surface area (Å²) in [5, 5.41) is 8.00. The Labute approximate surface area is 159 Å². The van der Waals surface area contributed by atoms with Crippen LogP contribution < -0.4 is 4.90 Å². The molecular weight excluding hydrogens is 338 g/mol. The maximum Gasteiger partial charge on any atom is 0.259 e. The van der Waals surface area contributed by atoms with Gasteiger partial charge in [0.1, 0.15) is 0 Å². The van der Waals surface area contributed by atoms with Crippen molar-refractivity contribution in [3.63, 3.8) is 0 Å². The highest BCUT2D eigenvalue weighted by atomic mass is 16.4. The van der Waals surface area contributed by atoms with Crippen LogP contribution in [0.3, 0.4) is 0 Å². The third-order valence-electron chi connectivity index (χ3n) is 5.17. The average molecular weight is 361 g/mol. The SMILES string of the molecule is Cc1nnc(-c2ccccc2C(=O)N2CC(C(C)(C)C)c3ccccc32)o1. The number of carbonyl (C=O) groups excluding carboxylic acids is 1. The maximum atomic E-state index is 13.5. The van der Waals surface area contributed by atoms with E-state index in [0.29, 0.717) is 29.5 Å². The van der Waals surface area contributed by atoms with Gasteiger partial charge in [0.05, 0.1) is 11.1 Å². The molecule has 138 valence electrons. The molecule has 0 N–H and O–H groups in total. The highest BCUT2D eigenvalue weighted by Crippen LogP contribution is 2.46. The predicted molar refractivity (Wildman–Crippen MR) is 105 cm³/mol. The Bertz CT molecular complexity index is 1000. The Hall–Kier alpha value is -2.95. The van der Waals surface area contributed by atoms with Crippen molar-refractivity contribution in [1.29, 1.82) is 0 Å². The predicted octanol–water partition coefficient (Wildman–Crippen LogP) is 4.84. The standard InChI is InChI=1S/C22H23N3O2/c1-14-23-24-20(27-14)15-9-5-6-10-16(15)21(26)25-13-18(22(2,3)4)17-11-7-8-12-19(17)25/h5-12,18H,13H2,1-4H3. The van der Waals surface area contributed by atoms with Crippen molar-refractivity contribution in [2.75, 3.05) is 11.4 Å². The number of para-hydroxylation sites is 1. The Balaban J connectivity index is 1.77. The molecule has 1 atom stereocenters. The molecule has 0 saturated carbocycles. The molecule has 0 bridgehead atoms. The van der Waals surface area contributed by atoms with Crippen molar-refractivity contribution in [1.82, 2.24) is 10.2 Å². The van der Waals surface area contributed by atoms with Crippen LogP contribution in [0, 0.1) is 12.3 Å². The van der Waals surface area contributed by atoms with Gasteiger partial charge < -0.3 is 9.32 Å². The lowest BCUT2D eigenvalue weighted by Crippen LogP contribution is -2.32. The largest absolute Gasteiger partial charge is 0.421 e. The summed E-state index contributed by atoms with van der Waals surface area (Å²) in [6.07, 6.45) is 0. The van der Waals surface area contributed by atoms with Gasteiger partial charge in [-0.15, -0.1) is 10.2 Å². The molecule has 3 aromatic rings. The van der Waals surface area contributed by atoms with Crippen molar-refractivity contribution in [2.24, 2.45) is 5.41 Å². The fourth-order valence-electron chi connectivity index (χ4n) is 3.75. The van der Waals surface area contributed by atoms with Crippen LogP contribution in [-0.2, 0) is 0 Å². The molecule has 0 radical (unpaired) electrons. The quantitative estimate of drug-likeness (QED) is 0.656. The number of aryl methyl sites for hydroxylation is 1. The summed E-state index contributed by atoms with van der Waals surface area (Å²) in [5.41, 5.74) is 3.52. The van der Waals surface area contributed by atoms with Gasteiger partial charge in [0.2, 0.25) is 11.8 Å². The zero-order valence-electron chi connectivity index (χ0n) is 16.1. The van der Waals surface area contributed by atoms with E-state index in [0.717, 1.165) is 5.69 Å². The molecule has 5 nitrogen and oxygen atoms in total. The number of anilines is 1. The first-order chi connectivity index (χ1) is 12.9. The number of nitrogens with zero attached hydrogens (tertiary/aromatic N) is 3. The van der Waals surface area contributed by atoms with Crippen LogP contribution in [0.2, 0.25) is 0 Å². The number of hydrogen-bond acceptors (Lipinski definition) is 4. The minimum Gasteiger partial charge on any atom is -0.421 e. The molecule has 0 saturated heterocycles. The molecule has 0 spiro atoms. The summed E-state index contributed by atoms with van der Waals surface area (Å²) < 4.78 is 5.57. The molecule has 5 heteroatoms. The van der Waals surface area contributed by atoms with Gasteiger partial charge in [-0.2, -0.15) is 0 Å². The first-order valence-electron chi connectivity index (χ1n) is 9.16. The van der Waals surface area contributed by atoms with E-state index < -0.39 is 0 Å². The summed E-state index contributed by atoms with van der Waals surface area (Å²) in [6.45, 7) is 9.07. The molecule has 1 aromatic heterocycles. The molecule has 2 aromatic carbocycles. The molecule has 1 aliphatic heterocycles. The van der Waals surface area contributed by atoms with E-state index >= 15 is 0 Å². The zero-order valence-corrected chi connectivity index (χ0v) is 16.1. The van der Waals surface area contributed by atoms with E-state index in [2.05, 4.69) is 37.0 Å². The summed E-state index contributed by atoms with van der Waals surface area (Å²) in [7, 11) is 0. The van der Waals surface area contributed by atoms with E-state index in [1.165, 1.54) is 5.56 Å². The highest BCUT2D eigenvalue weighted by molar-refractivity contribution is 6.10. The van der Waals surface area contributed by atoms with Gasteiger partial charge in [0.25, 0.3) is 5.91 Å². The minimum atomic E-state index is -0.0411. The maximum absolute atomic E-state index is 13.5. The molecule has 1 unspecified atom stereocenters. The summed E-state index contributed by atoms with van der Waals surface area (Å²) in [5.74, 6) is 1.10. The Morgan fingerprint density at radius 1 is 1.07 bits per heavy atom. The van der Waals surface area contributed by atoms with Crippen LogP contribution >= 0.6 is 0 Å². The number of hydrogen-bond donors (Lipinski definition) is 0. The van der Waals surface area contributed by atoms with E-state index in [9.17, 15) is 4.79 Å². The number of amides is 1. The molecule has 1 amide bonds. The van der Waals surface area contributed by atoms with E-state index in [4.69, 9.17) is 4.42 Å². The van der Waals surface area contributed by atoms with Crippen LogP contribution in [0.25, 0.3) is 11.5 Å². The topological polar surface area (TPSA) is 59.2 Å². The molecule has 4 rings (SSSR count). The Kier molecular flexibility index (Phi) is 4.10. The van der Waals surface area contributed by atoms with E-state index in [1.54, 1.807) is 6.92 Å². The van der Waals surface area contributed by atoms with Crippen LogP contribution in [-0.4, -0.2) is 22.6 Å². The van der Waals surface area contributed by atoms with Gasteiger partial charge in [0, 0.05) is 25.1 Å². The van der Waals surface area contributed by atoms with Crippen molar-refractivity contribution in [3.05, 3.63) is 65.5 Å². The van der Waals surface area contributed by atoms with Crippen molar-refractivity contribution < 1.29 is 9.21 Å². The third-order valence-corrected chi connectivity index (χ3v) is 5.17. The van der Waals surface area contributed by atoms with Crippen LogP contribution in [0.5, 0.6) is 0 Å². The lowest BCUT2D eigenvalue weighted by atomic mass is 9.78. The molecule has 0 aliphatic carbocycles. The number of rotatable bonds is 2. The van der Waals surface area contributed by atoms with Gasteiger partial charge in [0.15, 0.2) is 0 Å². The Morgan fingerprint density at radius 2 is 1.78 bits per heavy atom. The molecule has 2 heterocycles. The normalized spacial score (nSPS) is 16.4. The molecular formula is C22H23N3O2. The van der Waals surface area contributed by atoms with Gasteiger partial charge in [-0.25, -0.2) is 0 Å². The van der Waals surface area contributed by atoms with Crippen LogP contribution in [0.4, 0.5) is 5.69 Å². The van der Waals surface area contributed by atoms with E-state index in [-0.39, 0.29) is 17.2 Å². The molecule has 27 heavy (non-hydrogen) atoms. The lowest BCUT2D eigenvalue weighted by Gasteiger charge is -2.28. The second-order valence-electron chi connectivity index (χ2n) is 8.07. The summed E-state index contributed by atoms with van der Waals surface area (Å²) in [6, 6.07) is 15.6. The first kappa shape index (κ1) is 17.5. The minimum absolute atomic E-state index is 0.0411. The summed E-state index contributed by atoms with van der Waals surface area (Å²) >= 11 is 0. The average Bonchev–Trinajstić information content (AvgIpc) is 3.25. The van der Waals surface area contributed by atoms with Gasteiger partial charge in [-0.1, -0.05) is 51.1 Å². The number of aromatic nitrogens is 2. The Morgan fingerprint density at radius 3 is 2.48 bits per heavy atom. The molecule has 1 aliphatic rings. The molecule has 0 fully saturated rings. The van der Waals surface area contributed by atoms with Crippen molar-refractivity contribution >= 4 is 11.6 Å². The van der Waals surface area contributed by atoms with Gasteiger partial charge >= 0.3 is 0 Å². The number of carbonyl (C=O) groups is 1. The lowest BCUT2D eigenvalue weighted by molar-refractivity contribution is 0.0986. The highest BCUT2D eigenvalue weighted by Gasteiger charge is 2.39. The second kappa shape index (κ2) is 6.34. The summed E-state index contributed by atoms with van der Waals surface area (Å²) in [4.78, 5) is 15.4. The third kappa shape index (κ3) is 3.03. The fraction of sp³-hybridized carbons (Fsp3) is 0.318. The van der Waals surface area contributed by atoms with E-state index in [1.807, 2.05) is 47.4 Å². The monoisotopic (exact) mass is 361 g/mol. The van der Waals surface area contributed by atoms with Gasteiger partial charge in [-0.3, -0.25) is 4.79 Å². The number of fused-ring (bicyclic) bond motifs is 1. The smallest absolute Gasteiger partial charge is 0.259 e. The zero-order chi connectivity index (χ0) is 19.2.